The Hall–Kier alpha value is -0.771. The van der Waals surface area contributed by atoms with Gasteiger partial charge in [0.15, 0.2) is 0 Å². The molecule has 116 valence electrons. The van der Waals surface area contributed by atoms with Gasteiger partial charge in [0, 0.05) is 0 Å². The third kappa shape index (κ3) is 22.4. The second-order valence-corrected chi connectivity index (χ2v) is 6.47. The van der Waals surface area contributed by atoms with Gasteiger partial charge < -0.3 is 0 Å². The Labute approximate surface area is 121 Å². The zero-order valence-corrected chi connectivity index (χ0v) is 12.4. The number of halogens is 6. The van der Waals surface area contributed by atoms with Gasteiger partial charge in [0.2, 0.25) is 0 Å². The van der Waals surface area contributed by atoms with Crippen molar-refractivity contribution < 1.29 is 41.2 Å². The van der Waals surface area contributed by atoms with E-state index in [1.165, 1.54) is 10.0 Å². The molecule has 0 saturated heterocycles. The van der Waals surface area contributed by atoms with Gasteiger partial charge >= 0.3 is 78.1 Å². The summed E-state index contributed by atoms with van der Waals surface area (Å²) in [5.74, 6) is 0. The molecule has 0 N–H and O–H groups in total. The van der Waals surface area contributed by atoms with E-state index in [1.807, 2.05) is 30.4 Å². The van der Waals surface area contributed by atoms with Crippen LogP contribution in [0.5, 0.6) is 0 Å². The van der Waals surface area contributed by atoms with Crippen LogP contribution < -0.4 is 0 Å². The van der Waals surface area contributed by atoms with Gasteiger partial charge in [0.1, 0.15) is 0 Å². The van der Waals surface area contributed by atoms with E-state index in [0.717, 1.165) is 6.42 Å². The molecule has 20 heavy (non-hydrogen) atoms. The average Bonchev–Trinajstić information content (AvgIpc) is 2.66. The molecule has 0 heterocycles. The van der Waals surface area contributed by atoms with Gasteiger partial charge in [-0.25, -0.2) is 0 Å². The van der Waals surface area contributed by atoms with Crippen molar-refractivity contribution in [2.75, 3.05) is 0 Å². The van der Waals surface area contributed by atoms with Gasteiger partial charge in [-0.3, -0.25) is 0 Å². The number of allylic oxidation sites excluding steroid dienone is 4. The molecule has 1 aliphatic rings. The van der Waals surface area contributed by atoms with Crippen molar-refractivity contribution in [3.63, 3.8) is 0 Å². The van der Waals surface area contributed by atoms with E-state index in [0.29, 0.717) is 0 Å². The van der Waals surface area contributed by atoms with E-state index in [2.05, 4.69) is 41.1 Å². The van der Waals surface area contributed by atoms with Crippen LogP contribution >= 0.6 is 7.81 Å². The maximum absolute atomic E-state index is 10.7. The molecule has 0 aromatic heterocycles. The molecule has 1 aromatic rings. The van der Waals surface area contributed by atoms with Crippen LogP contribution in [0, 0.1) is 6.92 Å². The van der Waals surface area contributed by atoms with Crippen molar-refractivity contribution in [1.82, 2.24) is 0 Å². The predicted octanol–water partition coefficient (Wildman–Crippen LogP) is 6.75. The summed E-state index contributed by atoms with van der Waals surface area (Å²) in [5, 5.41) is 0. The third-order valence-corrected chi connectivity index (χ3v) is 2.07. The monoisotopic (exact) mass is 358 g/mol. The zero-order valence-electron chi connectivity index (χ0n) is 10.4. The first-order chi connectivity index (χ1) is 8.74. The molecular formula is C12H13F6FeP. The van der Waals surface area contributed by atoms with Crippen LogP contribution in [-0.4, -0.2) is 0 Å². The summed E-state index contributed by atoms with van der Waals surface area (Å²) in [5.41, 5.74) is 1.32. The number of hydrogen-bond donors (Lipinski definition) is 0. The van der Waals surface area contributed by atoms with Crippen LogP contribution in [0.25, 0.3) is 0 Å². The summed E-state index contributed by atoms with van der Waals surface area (Å²) in [7, 11) is -10.7. The quantitative estimate of drug-likeness (QED) is 0.273. The molecular weight excluding hydrogens is 345 g/mol. The molecule has 2 rings (SSSR count). The van der Waals surface area contributed by atoms with E-state index in [4.69, 9.17) is 0 Å². The number of aryl methyl sites for hydroxylation is 1. The van der Waals surface area contributed by atoms with E-state index >= 15 is 0 Å². The molecule has 0 aliphatic heterocycles. The topological polar surface area (TPSA) is 0 Å². The summed E-state index contributed by atoms with van der Waals surface area (Å²) in [6, 6.07) is 10.3. The standard InChI is InChI=1S/C7H8.C5H5.F6P.Fe/c1-7-5-3-2-4-6-7;1-2-4-5-3-1;1-7(2,3,4,5)6;/h2-6H,1H3;1-3H,4H2;;/q;;-1;+1. The van der Waals surface area contributed by atoms with E-state index in [1.54, 1.807) is 0 Å². The zero-order chi connectivity index (χ0) is 15.9. The maximum atomic E-state index is 9.87. The molecule has 0 saturated carbocycles. The molecule has 1 aliphatic carbocycles. The van der Waals surface area contributed by atoms with E-state index in [9.17, 15) is 25.2 Å². The molecule has 0 fully saturated rings. The summed E-state index contributed by atoms with van der Waals surface area (Å²) in [6.07, 6.45) is 7.21. The Morgan fingerprint density at radius 2 is 1.40 bits per heavy atom. The molecule has 0 nitrogen and oxygen atoms in total. The minimum absolute atomic E-state index is 1.06. The number of benzene rings is 1. The van der Waals surface area contributed by atoms with Crippen molar-refractivity contribution in [1.29, 1.82) is 0 Å². The fourth-order valence-electron chi connectivity index (χ4n) is 0.950. The van der Waals surface area contributed by atoms with Gasteiger partial charge in [0.05, 0.1) is 0 Å². The van der Waals surface area contributed by atoms with Crippen LogP contribution in [0.1, 0.15) is 12.0 Å². The second kappa shape index (κ2) is 6.33. The molecule has 0 radical (unpaired) electrons. The number of rotatable bonds is 0. The second-order valence-electron chi connectivity index (χ2n) is 3.84. The van der Waals surface area contributed by atoms with Crippen molar-refractivity contribution in [3.05, 3.63) is 58.6 Å². The number of hydrogen-bond acceptors (Lipinski definition) is 0. The Bertz CT molecular complexity index is 463. The van der Waals surface area contributed by atoms with Crippen LogP contribution in [0.4, 0.5) is 25.2 Å². The van der Waals surface area contributed by atoms with Crippen LogP contribution in [0.2, 0.25) is 0 Å². The normalized spacial score (nSPS) is 16.7. The molecule has 0 bridgehead atoms. The van der Waals surface area contributed by atoms with E-state index < -0.39 is 7.81 Å². The fourth-order valence-corrected chi connectivity index (χ4v) is 1.19. The Morgan fingerprint density at radius 3 is 1.55 bits per heavy atom. The molecule has 0 amide bonds. The minimum atomic E-state index is -10.7. The van der Waals surface area contributed by atoms with Gasteiger partial charge in [-0.1, -0.05) is 35.9 Å². The SMILES string of the molecule is Cc1ccccc1.F[P-](F)(F)(F)(F)F.[Fe+][C]1=CC=CC1. The van der Waals surface area contributed by atoms with Crippen molar-refractivity contribution in [2.45, 2.75) is 13.3 Å². The first-order valence-electron chi connectivity index (χ1n) is 5.32. The summed E-state index contributed by atoms with van der Waals surface area (Å²) < 4.78 is 60.4. The van der Waals surface area contributed by atoms with Crippen LogP contribution in [0.3, 0.4) is 0 Å². The van der Waals surface area contributed by atoms with Gasteiger partial charge in [0.25, 0.3) is 0 Å². The predicted molar refractivity (Wildman–Crippen MR) is 66.6 cm³/mol. The van der Waals surface area contributed by atoms with Crippen molar-refractivity contribution >= 4 is 7.81 Å². The molecule has 1 aromatic carbocycles. The summed E-state index contributed by atoms with van der Waals surface area (Å²) in [6.45, 7) is 2.08. The third-order valence-electron chi connectivity index (χ3n) is 1.66. The van der Waals surface area contributed by atoms with Crippen LogP contribution in [0.15, 0.2) is 53.0 Å². The van der Waals surface area contributed by atoms with Gasteiger partial charge in [-0.05, 0) is 6.92 Å². The first kappa shape index (κ1) is 19.2. The Balaban J connectivity index is 0.000000271. The molecule has 0 atom stereocenters. The van der Waals surface area contributed by atoms with E-state index in [-0.39, 0.29) is 0 Å². The van der Waals surface area contributed by atoms with Gasteiger partial charge in [-0.2, -0.15) is 0 Å². The average molecular weight is 358 g/mol. The Kier molecular flexibility index (Phi) is 6.09. The summed E-state index contributed by atoms with van der Waals surface area (Å²) in [4.78, 5) is 0. The van der Waals surface area contributed by atoms with Crippen LogP contribution in [-0.2, 0) is 16.0 Å². The molecule has 8 heteroatoms. The molecule has 0 spiro atoms. The fraction of sp³-hybridized carbons (Fsp3) is 0.167. The Morgan fingerprint density at radius 1 is 0.950 bits per heavy atom. The van der Waals surface area contributed by atoms with Crippen molar-refractivity contribution in [2.24, 2.45) is 0 Å². The first-order valence-corrected chi connectivity index (χ1v) is 7.90. The van der Waals surface area contributed by atoms with Gasteiger partial charge in [-0.15, -0.1) is 0 Å². The van der Waals surface area contributed by atoms with Crippen molar-refractivity contribution in [3.8, 4) is 0 Å². The molecule has 0 unspecified atom stereocenters. The summed E-state index contributed by atoms with van der Waals surface area (Å²) >= 11 is 3.74.